The van der Waals surface area contributed by atoms with E-state index in [9.17, 15) is 0 Å². The first-order chi connectivity index (χ1) is 9.84. The number of hydrogen-bond donors (Lipinski definition) is 0. The first-order valence-electron chi connectivity index (χ1n) is 7.05. The molecule has 0 aliphatic heterocycles. The first-order valence-corrected chi connectivity index (χ1v) is 7.05. The minimum Gasteiger partial charge on any atom is -0.0767 e. The Morgan fingerprint density at radius 2 is 1.45 bits per heavy atom. The molecule has 0 saturated heterocycles. The fourth-order valence-corrected chi connectivity index (χ4v) is 2.57. The second kappa shape index (κ2) is 5.75. The average Bonchev–Trinajstić information content (AvgIpc) is 2.53. The predicted octanol–water partition coefficient (Wildman–Crippen LogP) is 5.66. The molecule has 0 saturated carbocycles. The number of fused-ring (bicyclic) bond motifs is 1. The largest absolute Gasteiger partial charge is 0.0767 e. The molecule has 3 aromatic rings. The van der Waals surface area contributed by atoms with Crippen LogP contribution in [0.4, 0.5) is 0 Å². The Morgan fingerprint density at radius 1 is 0.750 bits per heavy atom. The van der Waals surface area contributed by atoms with Crippen LogP contribution in [-0.2, 0) is 0 Å². The van der Waals surface area contributed by atoms with Gasteiger partial charge in [0.2, 0.25) is 0 Å². The molecule has 0 radical (unpaired) electrons. The molecule has 0 bridgehead atoms. The van der Waals surface area contributed by atoms with Gasteiger partial charge in [-0.1, -0.05) is 91.9 Å². The molecule has 98 valence electrons. The average molecular weight is 258 g/mol. The van der Waals surface area contributed by atoms with E-state index in [0.717, 1.165) is 0 Å². The molecule has 3 rings (SSSR count). The van der Waals surface area contributed by atoms with Gasteiger partial charge in [0, 0.05) is 0 Å². The summed E-state index contributed by atoms with van der Waals surface area (Å²) >= 11 is 0. The monoisotopic (exact) mass is 258 g/mol. The fourth-order valence-electron chi connectivity index (χ4n) is 2.57. The Balaban J connectivity index is 1.93. The van der Waals surface area contributed by atoms with Gasteiger partial charge in [-0.05, 0) is 27.8 Å². The summed E-state index contributed by atoms with van der Waals surface area (Å²) < 4.78 is 0. The third-order valence-electron chi connectivity index (χ3n) is 3.69. The molecule has 0 spiro atoms. The molecular formula is C20H18. The lowest BCUT2D eigenvalue weighted by Crippen LogP contribution is -1.90. The lowest BCUT2D eigenvalue weighted by atomic mass is 9.94. The van der Waals surface area contributed by atoms with E-state index in [1.807, 2.05) is 6.07 Å². The Bertz CT molecular complexity index is 718. The minimum absolute atomic E-state index is 0.404. The van der Waals surface area contributed by atoms with Crippen molar-refractivity contribution in [3.05, 3.63) is 90.0 Å². The lowest BCUT2D eigenvalue weighted by Gasteiger charge is -2.11. The maximum atomic E-state index is 2.27. The van der Waals surface area contributed by atoms with Gasteiger partial charge >= 0.3 is 0 Å². The predicted molar refractivity (Wildman–Crippen MR) is 87.8 cm³/mol. The smallest absolute Gasteiger partial charge is 0.0000956 e. The van der Waals surface area contributed by atoms with Crippen LogP contribution in [0.15, 0.2) is 78.9 Å². The SMILES string of the molecule is C[C@@H](/C=C/c1ccccc1)c1cccc2ccccc12. The summed E-state index contributed by atoms with van der Waals surface area (Å²) in [6.07, 6.45) is 4.48. The van der Waals surface area contributed by atoms with Crippen LogP contribution in [0.3, 0.4) is 0 Å². The van der Waals surface area contributed by atoms with E-state index >= 15 is 0 Å². The zero-order chi connectivity index (χ0) is 13.8. The van der Waals surface area contributed by atoms with Crippen molar-refractivity contribution >= 4 is 16.8 Å². The van der Waals surface area contributed by atoms with Gasteiger partial charge in [0.1, 0.15) is 0 Å². The van der Waals surface area contributed by atoms with E-state index in [1.165, 1.54) is 21.9 Å². The van der Waals surface area contributed by atoms with Crippen LogP contribution in [0.5, 0.6) is 0 Å². The zero-order valence-electron chi connectivity index (χ0n) is 11.7. The van der Waals surface area contributed by atoms with E-state index in [1.54, 1.807) is 0 Å². The zero-order valence-corrected chi connectivity index (χ0v) is 11.7. The highest BCUT2D eigenvalue weighted by atomic mass is 14.1. The summed E-state index contributed by atoms with van der Waals surface area (Å²) in [5.74, 6) is 0.404. The van der Waals surface area contributed by atoms with Gasteiger partial charge in [-0.2, -0.15) is 0 Å². The minimum atomic E-state index is 0.404. The van der Waals surface area contributed by atoms with E-state index in [-0.39, 0.29) is 0 Å². The molecule has 0 unspecified atom stereocenters. The van der Waals surface area contributed by atoms with Gasteiger partial charge in [0.25, 0.3) is 0 Å². The van der Waals surface area contributed by atoms with Crippen LogP contribution in [0, 0.1) is 0 Å². The highest BCUT2D eigenvalue weighted by Crippen LogP contribution is 2.26. The van der Waals surface area contributed by atoms with Crippen LogP contribution in [0.1, 0.15) is 24.0 Å². The number of rotatable bonds is 3. The van der Waals surface area contributed by atoms with E-state index in [2.05, 4.69) is 85.8 Å². The van der Waals surface area contributed by atoms with Crippen LogP contribution in [0.2, 0.25) is 0 Å². The molecule has 0 N–H and O–H groups in total. The molecular weight excluding hydrogens is 240 g/mol. The number of benzene rings is 3. The summed E-state index contributed by atoms with van der Waals surface area (Å²) in [6, 6.07) is 25.6. The van der Waals surface area contributed by atoms with E-state index in [4.69, 9.17) is 0 Å². The third kappa shape index (κ3) is 2.65. The molecule has 1 atom stereocenters. The van der Waals surface area contributed by atoms with Crippen LogP contribution >= 0.6 is 0 Å². The van der Waals surface area contributed by atoms with Crippen molar-refractivity contribution in [2.75, 3.05) is 0 Å². The van der Waals surface area contributed by atoms with E-state index in [0.29, 0.717) is 5.92 Å². The summed E-state index contributed by atoms with van der Waals surface area (Å²) in [5, 5.41) is 2.66. The van der Waals surface area contributed by atoms with Gasteiger partial charge < -0.3 is 0 Å². The van der Waals surface area contributed by atoms with Crippen molar-refractivity contribution in [2.45, 2.75) is 12.8 Å². The van der Waals surface area contributed by atoms with Gasteiger partial charge in [-0.15, -0.1) is 0 Å². The Morgan fingerprint density at radius 3 is 2.30 bits per heavy atom. The first kappa shape index (κ1) is 12.7. The van der Waals surface area contributed by atoms with Crippen molar-refractivity contribution in [3.63, 3.8) is 0 Å². The van der Waals surface area contributed by atoms with Crippen molar-refractivity contribution in [3.8, 4) is 0 Å². The standard InChI is InChI=1S/C20H18/c1-16(14-15-17-8-3-2-4-9-17)19-13-7-11-18-10-5-6-12-20(18)19/h2-16H,1H3/b15-14+/t16-/m0/s1. The van der Waals surface area contributed by atoms with Crippen LogP contribution in [0.25, 0.3) is 16.8 Å². The fraction of sp³-hybridized carbons (Fsp3) is 0.100. The maximum absolute atomic E-state index is 2.27. The molecule has 20 heavy (non-hydrogen) atoms. The normalized spacial score (nSPS) is 12.8. The Hall–Kier alpha value is -2.34. The van der Waals surface area contributed by atoms with Crippen molar-refractivity contribution in [2.24, 2.45) is 0 Å². The lowest BCUT2D eigenvalue weighted by molar-refractivity contribution is 0.986. The molecule has 0 nitrogen and oxygen atoms in total. The molecule has 0 aliphatic carbocycles. The second-order valence-electron chi connectivity index (χ2n) is 5.13. The molecule has 0 aromatic heterocycles. The Kier molecular flexibility index (Phi) is 3.64. The molecule has 0 fully saturated rings. The van der Waals surface area contributed by atoms with Gasteiger partial charge in [-0.3, -0.25) is 0 Å². The Labute approximate surface area is 120 Å². The highest BCUT2D eigenvalue weighted by Gasteiger charge is 2.05. The molecule has 0 heteroatoms. The molecule has 3 aromatic carbocycles. The topological polar surface area (TPSA) is 0 Å². The second-order valence-corrected chi connectivity index (χ2v) is 5.13. The molecule has 0 aliphatic rings. The number of allylic oxidation sites excluding steroid dienone is 1. The van der Waals surface area contributed by atoms with Crippen molar-refractivity contribution in [1.82, 2.24) is 0 Å². The summed E-state index contributed by atoms with van der Waals surface area (Å²) in [6.45, 7) is 2.25. The van der Waals surface area contributed by atoms with Crippen molar-refractivity contribution in [1.29, 1.82) is 0 Å². The van der Waals surface area contributed by atoms with Gasteiger partial charge in [0.15, 0.2) is 0 Å². The van der Waals surface area contributed by atoms with Crippen LogP contribution in [-0.4, -0.2) is 0 Å². The van der Waals surface area contributed by atoms with Crippen molar-refractivity contribution < 1.29 is 0 Å². The van der Waals surface area contributed by atoms with E-state index < -0.39 is 0 Å². The maximum Gasteiger partial charge on any atom is -0.0000956 e. The summed E-state index contributed by atoms with van der Waals surface area (Å²) in [7, 11) is 0. The quantitative estimate of drug-likeness (QED) is 0.569. The summed E-state index contributed by atoms with van der Waals surface area (Å²) in [4.78, 5) is 0. The summed E-state index contributed by atoms with van der Waals surface area (Å²) in [5.41, 5.74) is 2.63. The van der Waals surface area contributed by atoms with Crippen LogP contribution < -0.4 is 0 Å². The third-order valence-corrected chi connectivity index (χ3v) is 3.69. The molecule has 0 heterocycles. The van der Waals surface area contributed by atoms with Gasteiger partial charge in [0.05, 0.1) is 0 Å². The van der Waals surface area contributed by atoms with Gasteiger partial charge in [-0.25, -0.2) is 0 Å². The number of hydrogen-bond acceptors (Lipinski definition) is 0. The highest BCUT2D eigenvalue weighted by molar-refractivity contribution is 5.86. The molecule has 0 amide bonds.